The molecule has 0 amide bonds. The number of hydrogen-bond acceptors (Lipinski definition) is 4. The largest absolute Gasteiger partial charge is 0.299 e. The second-order valence-electron chi connectivity index (χ2n) is 7.41. The van der Waals surface area contributed by atoms with Gasteiger partial charge in [-0.15, -0.1) is 0 Å². The molecule has 1 aromatic heterocycles. The zero-order valence-electron chi connectivity index (χ0n) is 16.3. The fourth-order valence-electron chi connectivity index (χ4n) is 3.74. The first-order valence-corrected chi connectivity index (χ1v) is 10.6. The van der Waals surface area contributed by atoms with Crippen molar-refractivity contribution in [3.8, 4) is 5.69 Å². The van der Waals surface area contributed by atoms with Crippen molar-refractivity contribution in [2.75, 3.05) is 0 Å². The van der Waals surface area contributed by atoms with E-state index in [1.165, 1.54) is 5.56 Å². The highest BCUT2D eigenvalue weighted by Crippen LogP contribution is 2.26. The van der Waals surface area contributed by atoms with Gasteiger partial charge in [0.25, 0.3) is 5.56 Å². The van der Waals surface area contributed by atoms with Crippen LogP contribution in [0, 0.1) is 6.92 Å². The Morgan fingerprint density at radius 3 is 2.50 bits per heavy atom. The molecule has 1 N–H and O–H groups in total. The average Bonchev–Trinajstić information content (AvgIpc) is 3.25. The number of hydrazone groups is 1. The van der Waals surface area contributed by atoms with Gasteiger partial charge in [0.15, 0.2) is 0 Å². The normalized spacial score (nSPS) is 15.8. The average molecular weight is 459 g/mol. The third kappa shape index (κ3) is 3.33. The van der Waals surface area contributed by atoms with Crippen LogP contribution < -0.4 is 11.0 Å². The quantitative estimate of drug-likeness (QED) is 0.475. The number of hydrogen-bond donors (Lipinski definition) is 1. The van der Waals surface area contributed by atoms with Crippen LogP contribution in [-0.4, -0.2) is 15.3 Å². The summed E-state index contributed by atoms with van der Waals surface area (Å²) in [7, 11) is 0. The minimum absolute atomic E-state index is 0.0801. The molecule has 0 radical (unpaired) electrons. The van der Waals surface area contributed by atoms with Crippen molar-refractivity contribution in [1.29, 1.82) is 0 Å². The molecule has 5 nitrogen and oxygen atoms in total. The number of nitrogens with one attached hydrogen (secondary N) is 1. The van der Waals surface area contributed by atoms with Crippen molar-refractivity contribution in [2.24, 2.45) is 5.10 Å². The molecule has 1 aliphatic rings. The highest BCUT2D eigenvalue weighted by molar-refractivity contribution is 9.10. The van der Waals surface area contributed by atoms with Gasteiger partial charge in [0.05, 0.1) is 22.3 Å². The SMILES string of the molecule is Cc1ccc(C2=NNC(c3nc4ccccc4c(=O)n3-c3ccc(Br)cc3)C2)cc1. The van der Waals surface area contributed by atoms with Crippen molar-refractivity contribution in [1.82, 2.24) is 15.0 Å². The standard InChI is InChI=1S/C24H19BrN4O/c1-15-6-8-16(9-7-15)21-14-22(28-27-21)23-26-20-5-3-2-4-19(20)24(30)29(23)18-12-10-17(25)11-13-18/h2-13,22,28H,14H2,1H3. The fourth-order valence-corrected chi connectivity index (χ4v) is 4.01. The van der Waals surface area contributed by atoms with Gasteiger partial charge in [0.2, 0.25) is 0 Å². The van der Waals surface area contributed by atoms with Crippen LogP contribution in [0.1, 0.15) is 29.4 Å². The summed E-state index contributed by atoms with van der Waals surface area (Å²) >= 11 is 3.47. The number of aryl methyl sites for hydroxylation is 1. The topological polar surface area (TPSA) is 59.3 Å². The minimum Gasteiger partial charge on any atom is -0.299 e. The van der Waals surface area contributed by atoms with Gasteiger partial charge in [-0.2, -0.15) is 5.10 Å². The molecule has 30 heavy (non-hydrogen) atoms. The van der Waals surface area contributed by atoms with E-state index in [0.717, 1.165) is 21.4 Å². The van der Waals surface area contributed by atoms with E-state index in [2.05, 4.69) is 57.6 Å². The van der Waals surface area contributed by atoms with E-state index in [4.69, 9.17) is 4.98 Å². The summed E-state index contributed by atoms with van der Waals surface area (Å²) in [6.07, 6.45) is 0.657. The Morgan fingerprint density at radius 1 is 1.00 bits per heavy atom. The summed E-state index contributed by atoms with van der Waals surface area (Å²) in [6.45, 7) is 2.07. The third-order valence-corrected chi connectivity index (χ3v) is 5.86. The smallest absolute Gasteiger partial charge is 0.266 e. The minimum atomic E-state index is -0.192. The van der Waals surface area contributed by atoms with Crippen molar-refractivity contribution >= 4 is 32.5 Å². The monoisotopic (exact) mass is 458 g/mol. The van der Waals surface area contributed by atoms with Gasteiger partial charge in [-0.3, -0.25) is 14.8 Å². The lowest BCUT2D eigenvalue weighted by Gasteiger charge is -2.18. The van der Waals surface area contributed by atoms with Crippen molar-refractivity contribution in [3.05, 3.63) is 105 Å². The van der Waals surface area contributed by atoms with Gasteiger partial charge in [-0.1, -0.05) is 57.9 Å². The summed E-state index contributed by atoms with van der Waals surface area (Å²) in [5.74, 6) is 0.659. The van der Waals surface area contributed by atoms with Crippen LogP contribution in [-0.2, 0) is 0 Å². The van der Waals surface area contributed by atoms with Crippen molar-refractivity contribution in [3.63, 3.8) is 0 Å². The molecule has 4 aromatic rings. The molecule has 5 rings (SSSR count). The molecule has 0 spiro atoms. The Labute approximate surface area is 182 Å². The molecule has 2 heterocycles. The lowest BCUT2D eigenvalue weighted by Crippen LogP contribution is -2.28. The van der Waals surface area contributed by atoms with Crippen LogP contribution in [0.2, 0.25) is 0 Å². The van der Waals surface area contributed by atoms with Crippen LogP contribution in [0.25, 0.3) is 16.6 Å². The van der Waals surface area contributed by atoms with E-state index >= 15 is 0 Å². The Balaban J connectivity index is 1.62. The predicted octanol–water partition coefficient (Wildman–Crippen LogP) is 4.90. The van der Waals surface area contributed by atoms with E-state index in [9.17, 15) is 4.79 Å². The molecular formula is C24H19BrN4O. The highest BCUT2D eigenvalue weighted by atomic mass is 79.9. The Kier molecular flexibility index (Phi) is 4.71. The summed E-state index contributed by atoms with van der Waals surface area (Å²) < 4.78 is 2.65. The van der Waals surface area contributed by atoms with Gasteiger partial charge < -0.3 is 0 Å². The number of fused-ring (bicyclic) bond motifs is 1. The second-order valence-corrected chi connectivity index (χ2v) is 8.33. The zero-order valence-corrected chi connectivity index (χ0v) is 17.9. The highest BCUT2D eigenvalue weighted by Gasteiger charge is 2.27. The second kappa shape index (κ2) is 7.54. The number of rotatable bonds is 3. The van der Waals surface area contributed by atoms with E-state index in [0.29, 0.717) is 23.1 Å². The molecule has 0 bridgehead atoms. The number of aromatic nitrogens is 2. The van der Waals surface area contributed by atoms with E-state index in [1.807, 2.05) is 48.5 Å². The molecule has 0 saturated heterocycles. The van der Waals surface area contributed by atoms with Crippen molar-refractivity contribution in [2.45, 2.75) is 19.4 Å². The maximum atomic E-state index is 13.4. The van der Waals surface area contributed by atoms with Crippen LogP contribution in [0.4, 0.5) is 0 Å². The molecule has 3 aromatic carbocycles. The number of halogens is 1. The molecule has 0 aliphatic carbocycles. The van der Waals surface area contributed by atoms with Gasteiger partial charge in [0, 0.05) is 10.9 Å². The zero-order chi connectivity index (χ0) is 20.7. The lowest BCUT2D eigenvalue weighted by molar-refractivity contribution is 0.565. The molecule has 6 heteroatoms. The van der Waals surface area contributed by atoms with E-state index in [-0.39, 0.29) is 11.6 Å². The van der Waals surface area contributed by atoms with Crippen molar-refractivity contribution < 1.29 is 0 Å². The van der Waals surface area contributed by atoms with E-state index < -0.39 is 0 Å². The van der Waals surface area contributed by atoms with Crippen LogP contribution in [0.15, 0.2) is 87.2 Å². The summed E-state index contributed by atoms with van der Waals surface area (Å²) in [5, 5.41) is 5.15. The van der Waals surface area contributed by atoms with Crippen LogP contribution in [0.3, 0.4) is 0 Å². The lowest BCUT2D eigenvalue weighted by atomic mass is 10.0. The third-order valence-electron chi connectivity index (χ3n) is 5.34. The number of para-hydroxylation sites is 1. The Morgan fingerprint density at radius 2 is 1.73 bits per heavy atom. The molecule has 1 aliphatic heterocycles. The Bertz CT molecular complexity index is 1320. The predicted molar refractivity (Wildman–Crippen MR) is 123 cm³/mol. The molecular weight excluding hydrogens is 440 g/mol. The van der Waals surface area contributed by atoms with Gasteiger partial charge in [-0.05, 0) is 48.9 Å². The Hall–Kier alpha value is -3.25. The summed E-state index contributed by atoms with van der Waals surface area (Å²) in [4.78, 5) is 18.3. The molecule has 1 unspecified atom stereocenters. The number of nitrogens with zero attached hydrogens (tertiary/aromatic N) is 3. The van der Waals surface area contributed by atoms with Crippen LogP contribution in [0.5, 0.6) is 0 Å². The molecule has 148 valence electrons. The van der Waals surface area contributed by atoms with Gasteiger partial charge in [-0.25, -0.2) is 4.98 Å². The molecule has 1 atom stereocenters. The van der Waals surface area contributed by atoms with Gasteiger partial charge in [0.1, 0.15) is 11.9 Å². The maximum Gasteiger partial charge on any atom is 0.266 e. The fraction of sp³-hybridized carbons (Fsp3) is 0.125. The summed E-state index contributed by atoms with van der Waals surface area (Å²) in [6, 6.07) is 23.3. The number of benzene rings is 3. The van der Waals surface area contributed by atoms with E-state index in [1.54, 1.807) is 4.57 Å². The first-order chi connectivity index (χ1) is 14.6. The molecule has 0 fully saturated rings. The van der Waals surface area contributed by atoms with Gasteiger partial charge >= 0.3 is 0 Å². The summed E-state index contributed by atoms with van der Waals surface area (Å²) in [5.41, 5.74) is 7.85. The first kappa shape index (κ1) is 18.8. The van der Waals surface area contributed by atoms with Crippen LogP contribution >= 0.6 is 15.9 Å². The molecule has 0 saturated carbocycles. The first-order valence-electron chi connectivity index (χ1n) is 9.77. The maximum absolute atomic E-state index is 13.4.